The average Bonchev–Trinajstić information content (AvgIpc) is 3.40. The lowest BCUT2D eigenvalue weighted by molar-refractivity contribution is -0.142. The number of amidine groups is 1. The highest BCUT2D eigenvalue weighted by Crippen LogP contribution is 2.39. The largest absolute Gasteiger partial charge is 0.481 e. The summed E-state index contributed by atoms with van der Waals surface area (Å²) in [4.78, 5) is 35.4. The number of nitrogens with zero attached hydrogens (tertiary/aromatic N) is 3. The molecular weight excluding hydrogens is 601 g/mol. The average molecular weight is 629 g/mol. The van der Waals surface area contributed by atoms with Gasteiger partial charge in [0.15, 0.2) is 10.8 Å². The number of hydrogen-bond donors (Lipinski definition) is 2. The van der Waals surface area contributed by atoms with Gasteiger partial charge in [-0.05, 0) is 37.5 Å². The number of benzene rings is 1. The third kappa shape index (κ3) is 6.87. The van der Waals surface area contributed by atoms with E-state index in [0.29, 0.717) is 26.6 Å². The highest BCUT2D eigenvalue weighted by Gasteiger charge is 2.42. The molecule has 8 nitrogen and oxygen atoms in total. The van der Waals surface area contributed by atoms with Crippen LogP contribution in [0.15, 0.2) is 50.5 Å². The van der Waals surface area contributed by atoms with Crippen LogP contribution in [0.3, 0.4) is 0 Å². The number of aliphatic imine (C=N–C) groups is 1. The van der Waals surface area contributed by atoms with E-state index in [4.69, 9.17) is 9.73 Å². The fourth-order valence-corrected chi connectivity index (χ4v) is 5.95. The van der Waals surface area contributed by atoms with E-state index >= 15 is 0 Å². The molecule has 2 N–H and O–H groups in total. The van der Waals surface area contributed by atoms with Crippen molar-refractivity contribution in [3.8, 4) is 0 Å². The van der Waals surface area contributed by atoms with Gasteiger partial charge in [0.1, 0.15) is 11.9 Å². The van der Waals surface area contributed by atoms with Crippen LogP contribution in [0.25, 0.3) is 0 Å². The highest BCUT2D eigenvalue weighted by atomic mass is 79.9. The SMILES string of the molecule is CCOC(=O)C1=C(CN2CC(F)(F)CC[C@H]2CC(C)C(=O)O)NC(c2nccs2)=N[C@H]1c1ccc(F)cc1Br. The highest BCUT2D eigenvalue weighted by molar-refractivity contribution is 9.10. The minimum atomic E-state index is -2.98. The lowest BCUT2D eigenvalue weighted by atomic mass is 9.90. The molecule has 39 heavy (non-hydrogen) atoms. The second-order valence-electron chi connectivity index (χ2n) is 9.55. The number of rotatable bonds is 9. The maximum absolute atomic E-state index is 14.6. The van der Waals surface area contributed by atoms with E-state index in [9.17, 15) is 27.9 Å². The molecule has 1 fully saturated rings. The first-order valence-corrected chi connectivity index (χ1v) is 14.1. The van der Waals surface area contributed by atoms with Crippen molar-refractivity contribution in [2.45, 2.75) is 51.1 Å². The molecule has 0 saturated carbocycles. The molecule has 2 aromatic rings. The van der Waals surface area contributed by atoms with Gasteiger partial charge in [-0.25, -0.2) is 22.9 Å². The van der Waals surface area contributed by atoms with Gasteiger partial charge in [-0.3, -0.25) is 14.7 Å². The molecule has 0 spiro atoms. The lowest BCUT2D eigenvalue weighted by Gasteiger charge is -2.41. The summed E-state index contributed by atoms with van der Waals surface area (Å²) in [6, 6.07) is 2.61. The number of aliphatic carboxylic acids is 1. The first-order chi connectivity index (χ1) is 18.5. The summed E-state index contributed by atoms with van der Waals surface area (Å²) in [5.74, 6) is -5.58. The van der Waals surface area contributed by atoms with E-state index in [0.717, 1.165) is 0 Å². The Morgan fingerprint density at radius 3 is 2.79 bits per heavy atom. The summed E-state index contributed by atoms with van der Waals surface area (Å²) in [5.41, 5.74) is 0.872. The Kier molecular flexibility index (Phi) is 9.12. The van der Waals surface area contributed by atoms with Gasteiger partial charge in [0.05, 0.1) is 24.6 Å². The molecule has 3 heterocycles. The second kappa shape index (κ2) is 12.2. The number of halogens is 4. The molecule has 1 unspecified atom stereocenters. The predicted molar refractivity (Wildman–Crippen MR) is 143 cm³/mol. The molecule has 3 atom stereocenters. The quantitative estimate of drug-likeness (QED) is 0.370. The number of aromatic nitrogens is 1. The minimum absolute atomic E-state index is 0.0660. The molecule has 0 radical (unpaired) electrons. The van der Waals surface area contributed by atoms with Gasteiger partial charge < -0.3 is 15.2 Å². The van der Waals surface area contributed by atoms with Crippen molar-refractivity contribution in [3.05, 3.63) is 61.9 Å². The van der Waals surface area contributed by atoms with Gasteiger partial charge in [-0.2, -0.15) is 0 Å². The van der Waals surface area contributed by atoms with Crippen LogP contribution in [-0.4, -0.2) is 64.4 Å². The van der Waals surface area contributed by atoms with Crippen LogP contribution in [0, 0.1) is 11.7 Å². The number of carboxylic acids is 1. The van der Waals surface area contributed by atoms with Crippen LogP contribution in [0.1, 0.15) is 49.7 Å². The summed E-state index contributed by atoms with van der Waals surface area (Å²) >= 11 is 4.67. The standard InChI is InChI=1S/C26H28BrF3N4O4S/c1-3-38-25(37)20-19(12-34-13-26(29,30)7-6-16(34)10-14(2)24(35)36)32-22(23-31-8-9-39-23)33-21(20)17-5-4-15(28)11-18(17)27/h4-5,8-9,11,14,16,21H,3,6-7,10,12-13H2,1-2H3,(H,32,33)(H,35,36)/t14?,16-,21-/m0/s1. The summed E-state index contributed by atoms with van der Waals surface area (Å²) in [6.07, 6.45) is 1.52. The van der Waals surface area contributed by atoms with Crippen LogP contribution in [-0.2, 0) is 14.3 Å². The van der Waals surface area contributed by atoms with Gasteiger partial charge in [0.2, 0.25) is 0 Å². The van der Waals surface area contributed by atoms with Gasteiger partial charge in [0, 0.05) is 40.8 Å². The number of thiazole rings is 1. The lowest BCUT2D eigenvalue weighted by Crippen LogP contribution is -2.52. The molecule has 0 aliphatic carbocycles. The number of nitrogens with one attached hydrogen (secondary N) is 1. The van der Waals surface area contributed by atoms with Gasteiger partial charge in [0.25, 0.3) is 5.92 Å². The van der Waals surface area contributed by atoms with Crippen molar-refractivity contribution in [2.75, 3.05) is 19.7 Å². The second-order valence-corrected chi connectivity index (χ2v) is 11.3. The molecule has 1 aromatic carbocycles. The summed E-state index contributed by atoms with van der Waals surface area (Å²) in [7, 11) is 0. The maximum Gasteiger partial charge on any atom is 0.338 e. The molecule has 210 valence electrons. The molecule has 0 amide bonds. The first kappa shape index (κ1) is 29.2. The zero-order valence-electron chi connectivity index (χ0n) is 21.3. The number of esters is 1. The number of carboxylic acid groups (broad SMARTS) is 1. The number of ether oxygens (including phenoxy) is 1. The van der Waals surface area contributed by atoms with Crippen LogP contribution in [0.2, 0.25) is 0 Å². The molecule has 1 aromatic heterocycles. The summed E-state index contributed by atoms with van der Waals surface area (Å²) in [5, 5.41) is 14.8. The van der Waals surface area contributed by atoms with Crippen molar-refractivity contribution in [1.82, 2.24) is 15.2 Å². The first-order valence-electron chi connectivity index (χ1n) is 12.4. The number of alkyl halides is 2. The monoisotopic (exact) mass is 628 g/mol. The summed E-state index contributed by atoms with van der Waals surface area (Å²) < 4.78 is 48.9. The molecule has 2 aliphatic heterocycles. The van der Waals surface area contributed by atoms with Gasteiger partial charge in [-0.15, -0.1) is 11.3 Å². The van der Waals surface area contributed by atoms with Crippen molar-refractivity contribution in [2.24, 2.45) is 10.9 Å². The molecule has 1 saturated heterocycles. The topological polar surface area (TPSA) is 104 Å². The Hall–Kier alpha value is -2.77. The number of piperidine rings is 1. The molecule has 2 aliphatic rings. The molecular formula is C26H28BrF3N4O4S. The Bertz CT molecular complexity index is 1290. The van der Waals surface area contributed by atoms with Crippen molar-refractivity contribution < 1.29 is 32.6 Å². The van der Waals surface area contributed by atoms with E-state index in [1.165, 1.54) is 34.4 Å². The van der Waals surface area contributed by atoms with E-state index in [1.807, 2.05) is 0 Å². The van der Waals surface area contributed by atoms with E-state index in [1.54, 1.807) is 25.4 Å². The van der Waals surface area contributed by atoms with Gasteiger partial charge >= 0.3 is 11.9 Å². The number of likely N-dealkylation sites (tertiary alicyclic amines) is 1. The smallest absolute Gasteiger partial charge is 0.338 e. The zero-order valence-corrected chi connectivity index (χ0v) is 23.7. The Morgan fingerprint density at radius 2 is 2.15 bits per heavy atom. The fraction of sp³-hybridized carbons (Fsp3) is 0.462. The van der Waals surface area contributed by atoms with Crippen LogP contribution in [0.4, 0.5) is 13.2 Å². The van der Waals surface area contributed by atoms with Crippen LogP contribution >= 0.6 is 27.3 Å². The minimum Gasteiger partial charge on any atom is -0.481 e. The Morgan fingerprint density at radius 1 is 1.38 bits per heavy atom. The van der Waals surface area contributed by atoms with Gasteiger partial charge in [-0.1, -0.05) is 28.9 Å². The number of hydrogen-bond acceptors (Lipinski definition) is 8. The van der Waals surface area contributed by atoms with E-state index < -0.39 is 48.2 Å². The van der Waals surface area contributed by atoms with E-state index in [-0.39, 0.29) is 38.0 Å². The third-order valence-corrected chi connectivity index (χ3v) is 8.18. The third-order valence-electron chi connectivity index (χ3n) is 6.72. The number of carbonyl (C=O) groups is 2. The molecule has 4 rings (SSSR count). The predicted octanol–water partition coefficient (Wildman–Crippen LogP) is 5.16. The summed E-state index contributed by atoms with van der Waals surface area (Å²) in [6.45, 7) is 2.55. The molecule has 13 heteroatoms. The molecule has 0 bridgehead atoms. The number of carbonyl (C=O) groups excluding carboxylic acids is 1. The Balaban J connectivity index is 1.81. The van der Waals surface area contributed by atoms with Crippen LogP contribution in [0.5, 0.6) is 0 Å². The zero-order chi connectivity index (χ0) is 28.3. The van der Waals surface area contributed by atoms with Crippen molar-refractivity contribution in [3.63, 3.8) is 0 Å². The maximum atomic E-state index is 14.6. The Labute approximate surface area is 236 Å². The van der Waals surface area contributed by atoms with E-state index in [2.05, 4.69) is 26.2 Å². The van der Waals surface area contributed by atoms with Crippen molar-refractivity contribution in [1.29, 1.82) is 0 Å². The normalized spacial score (nSPS) is 22.2. The van der Waals surface area contributed by atoms with Crippen LogP contribution < -0.4 is 5.32 Å². The fourth-order valence-electron chi connectivity index (χ4n) is 4.80. The van der Waals surface area contributed by atoms with Crippen molar-refractivity contribution >= 4 is 45.0 Å².